The Bertz CT molecular complexity index is 190. The van der Waals surface area contributed by atoms with Gasteiger partial charge in [0.2, 0.25) is 0 Å². The molecule has 2 heteroatoms. The summed E-state index contributed by atoms with van der Waals surface area (Å²) in [5, 5.41) is 0. The monoisotopic (exact) mass is 196 g/mol. The molecule has 0 amide bonds. The third-order valence-electron chi connectivity index (χ3n) is 3.39. The van der Waals surface area contributed by atoms with Gasteiger partial charge in [-0.05, 0) is 12.3 Å². The third-order valence-corrected chi connectivity index (χ3v) is 3.39. The summed E-state index contributed by atoms with van der Waals surface area (Å²) in [7, 11) is 0. The maximum atomic E-state index is 11.5. The van der Waals surface area contributed by atoms with E-state index < -0.39 is 0 Å². The molecule has 0 unspecified atom stereocenters. The minimum atomic E-state index is 0. The molecule has 1 nitrogen and oxygen atoms in total. The van der Waals surface area contributed by atoms with Crippen molar-refractivity contribution in [2.45, 2.75) is 39.0 Å². The van der Waals surface area contributed by atoms with Crippen molar-refractivity contribution in [3.8, 4) is 0 Å². The van der Waals surface area contributed by atoms with Gasteiger partial charge in [0.25, 0.3) is 0 Å². The Labute approximate surface area is 93.1 Å². The second-order valence-corrected chi connectivity index (χ2v) is 4.16. The number of hydrogen-bond donors (Lipinski definition) is 0. The molecule has 0 aromatic carbocycles. The van der Waals surface area contributed by atoms with Crippen LogP contribution in [0.15, 0.2) is 0 Å². The fraction of sp³-hybridized carbons (Fsp3) is 0.800. The number of ketones is 1. The van der Waals surface area contributed by atoms with Gasteiger partial charge in [-0.25, -0.2) is 0 Å². The predicted octanol–water partition coefficient (Wildman–Crippen LogP) is 2.36. The molecule has 2 aliphatic rings. The summed E-state index contributed by atoms with van der Waals surface area (Å²) in [6.45, 7) is 2.25. The van der Waals surface area contributed by atoms with Crippen LogP contribution in [0.1, 0.15) is 39.0 Å². The topological polar surface area (TPSA) is 17.1 Å². The fourth-order valence-corrected chi connectivity index (χ4v) is 2.67. The molecule has 0 saturated heterocycles. The molecule has 0 aromatic heterocycles. The van der Waals surface area contributed by atoms with Crippen LogP contribution in [0.4, 0.5) is 0 Å². The van der Waals surface area contributed by atoms with Gasteiger partial charge in [-0.3, -0.25) is 4.79 Å². The molecule has 0 bridgehead atoms. The quantitative estimate of drug-likeness (QED) is 0.543. The fourth-order valence-electron chi connectivity index (χ4n) is 2.67. The minimum Gasteiger partial charge on any atom is -0.322 e. The van der Waals surface area contributed by atoms with Crippen molar-refractivity contribution in [3.05, 3.63) is 6.42 Å². The first-order valence-electron chi connectivity index (χ1n) is 4.59. The van der Waals surface area contributed by atoms with Crippen molar-refractivity contribution in [3.63, 3.8) is 0 Å². The number of Topliss-reactive ketones (excluding diaryl/α,β-unsaturated/α-hetero) is 1. The van der Waals surface area contributed by atoms with Gasteiger partial charge in [0.1, 0.15) is 5.78 Å². The van der Waals surface area contributed by atoms with E-state index in [2.05, 4.69) is 13.3 Å². The first-order valence-corrected chi connectivity index (χ1v) is 4.59. The van der Waals surface area contributed by atoms with E-state index in [1.54, 1.807) is 0 Å². The minimum absolute atomic E-state index is 0. The second-order valence-electron chi connectivity index (χ2n) is 4.16. The Morgan fingerprint density at radius 3 is 3.00 bits per heavy atom. The van der Waals surface area contributed by atoms with Crippen molar-refractivity contribution in [1.29, 1.82) is 0 Å². The number of carbonyl (C=O) groups is 1. The first kappa shape index (κ1) is 10.6. The van der Waals surface area contributed by atoms with E-state index in [4.69, 9.17) is 0 Å². The molecule has 1 radical (unpaired) electrons. The Morgan fingerprint density at radius 1 is 1.58 bits per heavy atom. The number of hydrogen-bond acceptors (Lipinski definition) is 1. The van der Waals surface area contributed by atoms with Gasteiger partial charge in [-0.1, -0.05) is 19.8 Å². The summed E-state index contributed by atoms with van der Waals surface area (Å²) >= 11 is 0. The second kappa shape index (κ2) is 3.73. The Balaban J connectivity index is 0.000000720. The van der Waals surface area contributed by atoms with Crippen LogP contribution in [-0.4, -0.2) is 5.78 Å². The molecule has 2 fully saturated rings. The van der Waals surface area contributed by atoms with Crippen LogP contribution in [0.25, 0.3) is 0 Å². The number of fused-ring (bicyclic) bond motifs is 1. The van der Waals surface area contributed by atoms with Crippen LogP contribution in [0.2, 0.25) is 0 Å². The average Bonchev–Trinajstić information content (AvgIpc) is 2.31. The summed E-state index contributed by atoms with van der Waals surface area (Å²) in [5.74, 6) is 0.906. The average molecular weight is 196 g/mol. The molecule has 0 spiro atoms. The van der Waals surface area contributed by atoms with E-state index in [0.717, 1.165) is 25.7 Å². The molecule has 2 aliphatic carbocycles. The summed E-state index contributed by atoms with van der Waals surface area (Å²) in [5.41, 5.74) is 0.287. The Kier molecular flexibility index (Phi) is 3.30. The number of carbonyl (C=O) groups excluding carboxylic acids is 1. The molecule has 0 aliphatic heterocycles. The van der Waals surface area contributed by atoms with Crippen LogP contribution in [0.3, 0.4) is 0 Å². The van der Waals surface area contributed by atoms with Crippen molar-refractivity contribution in [2.24, 2.45) is 11.3 Å². The van der Waals surface area contributed by atoms with Gasteiger partial charge in [-0.2, -0.15) is 6.42 Å². The van der Waals surface area contributed by atoms with Crippen LogP contribution >= 0.6 is 0 Å². The van der Waals surface area contributed by atoms with Crippen molar-refractivity contribution < 1.29 is 30.6 Å². The van der Waals surface area contributed by atoms with Gasteiger partial charge in [0.05, 0.1) is 0 Å². The Hall–Kier alpha value is 0.540. The standard InChI is InChI=1S/C10H15O.Sc/c1-10-6-2-4-8(10)9(11)5-3-7-10;/h6,8H,2-5,7H2,1H3;/q-1;/t8-,10-;/m0./s1. The zero-order valence-corrected chi connectivity index (χ0v) is 9.48. The van der Waals surface area contributed by atoms with Crippen molar-refractivity contribution in [2.75, 3.05) is 0 Å². The predicted molar refractivity (Wildman–Crippen MR) is 44.0 cm³/mol. The molecule has 12 heavy (non-hydrogen) atoms. The summed E-state index contributed by atoms with van der Waals surface area (Å²) in [6, 6.07) is 0. The van der Waals surface area contributed by atoms with Crippen LogP contribution in [0, 0.1) is 17.8 Å². The van der Waals surface area contributed by atoms with Crippen LogP contribution < -0.4 is 0 Å². The molecule has 0 heterocycles. The van der Waals surface area contributed by atoms with Gasteiger partial charge >= 0.3 is 0 Å². The van der Waals surface area contributed by atoms with E-state index in [9.17, 15) is 4.79 Å². The summed E-state index contributed by atoms with van der Waals surface area (Å²) in [6.07, 6.45) is 7.84. The maximum Gasteiger partial charge on any atom is 0.133 e. The van der Waals surface area contributed by atoms with Gasteiger partial charge < -0.3 is 6.42 Å². The SMILES string of the molecule is C[C@@]12[CH-]CC[C@H]1C(=O)CCC2.[Sc]. The van der Waals surface area contributed by atoms with Crippen LogP contribution in [0.5, 0.6) is 0 Å². The molecular weight excluding hydrogens is 181 g/mol. The van der Waals surface area contributed by atoms with Gasteiger partial charge in [-0.15, -0.1) is 5.41 Å². The molecule has 65 valence electrons. The normalized spacial score (nSPS) is 40.4. The molecular formula is C10H15OSc-. The molecule has 2 rings (SSSR count). The Morgan fingerprint density at radius 2 is 2.33 bits per heavy atom. The zero-order chi connectivity index (χ0) is 7.90. The van der Waals surface area contributed by atoms with Crippen molar-refractivity contribution in [1.82, 2.24) is 0 Å². The van der Waals surface area contributed by atoms with Crippen LogP contribution in [-0.2, 0) is 30.6 Å². The van der Waals surface area contributed by atoms with Gasteiger partial charge in [0.15, 0.2) is 0 Å². The van der Waals surface area contributed by atoms with E-state index >= 15 is 0 Å². The summed E-state index contributed by atoms with van der Waals surface area (Å²) < 4.78 is 0. The molecule has 0 N–H and O–H groups in total. The summed E-state index contributed by atoms with van der Waals surface area (Å²) in [4.78, 5) is 11.5. The molecule has 2 saturated carbocycles. The van der Waals surface area contributed by atoms with E-state index in [1.165, 1.54) is 6.42 Å². The maximum absolute atomic E-state index is 11.5. The van der Waals surface area contributed by atoms with E-state index in [0.29, 0.717) is 11.7 Å². The molecule has 2 atom stereocenters. The van der Waals surface area contributed by atoms with Gasteiger partial charge in [0, 0.05) is 32.3 Å². The molecule has 0 aromatic rings. The zero-order valence-electron chi connectivity index (χ0n) is 7.68. The largest absolute Gasteiger partial charge is 0.322 e. The van der Waals surface area contributed by atoms with Crippen molar-refractivity contribution >= 4 is 5.78 Å². The number of rotatable bonds is 0. The third kappa shape index (κ3) is 1.59. The smallest absolute Gasteiger partial charge is 0.133 e. The first-order chi connectivity index (χ1) is 5.22. The van der Waals surface area contributed by atoms with E-state index in [1.807, 2.05) is 0 Å². The van der Waals surface area contributed by atoms with E-state index in [-0.39, 0.29) is 31.3 Å².